The van der Waals surface area contributed by atoms with E-state index in [2.05, 4.69) is 5.32 Å². The number of nitrogens with zero attached hydrogens (tertiary/aromatic N) is 2. The molecule has 0 bridgehead atoms. The first-order chi connectivity index (χ1) is 15.1. The molecule has 3 rings (SSSR count). The number of phenols is 2. The number of ether oxygens (including phenoxy) is 2. The lowest BCUT2D eigenvalue weighted by Crippen LogP contribution is -2.63. The summed E-state index contributed by atoms with van der Waals surface area (Å²) in [5.74, 6) is -0.380. The minimum Gasteiger partial charge on any atom is -0.504 e. The van der Waals surface area contributed by atoms with Crippen molar-refractivity contribution in [3.05, 3.63) is 67.8 Å². The van der Waals surface area contributed by atoms with E-state index in [1.807, 2.05) is 0 Å². The molecule has 1 saturated heterocycles. The summed E-state index contributed by atoms with van der Waals surface area (Å²) < 4.78 is 10.3. The molecular weight excluding hydrogens is 422 g/mol. The number of para-hydroxylation sites is 2. The summed E-state index contributed by atoms with van der Waals surface area (Å²) in [6.07, 6.45) is 0. The van der Waals surface area contributed by atoms with Gasteiger partial charge in [0.1, 0.15) is 17.5 Å². The van der Waals surface area contributed by atoms with E-state index in [1.165, 1.54) is 52.3 Å². The van der Waals surface area contributed by atoms with Gasteiger partial charge in [0.15, 0.2) is 23.0 Å². The van der Waals surface area contributed by atoms with Crippen molar-refractivity contribution in [2.24, 2.45) is 5.41 Å². The van der Waals surface area contributed by atoms with Crippen LogP contribution in [0.25, 0.3) is 0 Å². The van der Waals surface area contributed by atoms with Gasteiger partial charge < -0.3 is 19.7 Å². The summed E-state index contributed by atoms with van der Waals surface area (Å²) in [5.41, 5.74) is -1.17. The summed E-state index contributed by atoms with van der Waals surface area (Å²) >= 11 is 0. The minimum absolute atomic E-state index is 0.112. The monoisotopic (exact) mass is 447 g/mol. The van der Waals surface area contributed by atoms with E-state index in [0.717, 1.165) is 0 Å². The molecule has 0 spiro atoms. The average molecular weight is 447 g/mol. The topological polar surface area (TPSA) is 157 Å². The Bertz CT molecular complexity index is 962. The highest BCUT2D eigenvalue weighted by Gasteiger charge is 2.63. The predicted molar refractivity (Wildman–Crippen MR) is 113 cm³/mol. The van der Waals surface area contributed by atoms with Crippen molar-refractivity contribution in [2.45, 2.75) is 38.0 Å². The third kappa shape index (κ3) is 3.64. The number of phenolic OH excluding ortho intramolecular Hbond substituents is 2. The molecule has 1 fully saturated rings. The van der Waals surface area contributed by atoms with E-state index in [9.17, 15) is 30.4 Å². The van der Waals surface area contributed by atoms with Gasteiger partial charge in [-0.2, -0.15) is 0 Å². The van der Waals surface area contributed by atoms with Crippen molar-refractivity contribution in [3.8, 4) is 23.0 Å². The van der Waals surface area contributed by atoms with Gasteiger partial charge in [-0.15, -0.1) is 0 Å². The van der Waals surface area contributed by atoms with Crippen LogP contribution in [0.1, 0.15) is 37.1 Å². The van der Waals surface area contributed by atoms with Crippen molar-refractivity contribution >= 4 is 0 Å². The standard InChI is InChI=1S/C21H25N3O8/c1-21(2)19(23(27)28)15(11-7-5-9-13(31-3)17(11)25)22-16(20(21)24(29)30)12-8-6-10-14(32-4)18(12)26/h5-10,15-16,19-20,22,25-26H,1-4H3/t15-,16+,19-,20+. The number of benzene rings is 2. The smallest absolute Gasteiger partial charge is 0.244 e. The van der Waals surface area contributed by atoms with E-state index < -0.39 is 39.4 Å². The third-order valence-electron chi connectivity index (χ3n) is 6.14. The zero-order chi connectivity index (χ0) is 23.8. The first-order valence-electron chi connectivity index (χ1n) is 9.81. The fourth-order valence-corrected chi connectivity index (χ4v) is 4.63. The van der Waals surface area contributed by atoms with Crippen LogP contribution in [-0.4, -0.2) is 46.4 Å². The second-order valence-electron chi connectivity index (χ2n) is 8.20. The number of hydrogen-bond donors (Lipinski definition) is 3. The maximum Gasteiger partial charge on any atom is 0.244 e. The maximum atomic E-state index is 12.2. The SMILES string of the molecule is COc1cccc([C@H]2N[C@@H](c3cccc(OC)c3O)[C@H]([N+](=O)[O-])C(C)(C)[C@@H]2[N+](=O)[O-])c1O. The summed E-state index contributed by atoms with van der Waals surface area (Å²) in [6.45, 7) is 2.90. The number of piperidine rings is 1. The summed E-state index contributed by atoms with van der Waals surface area (Å²) in [6, 6.07) is 3.93. The highest BCUT2D eigenvalue weighted by atomic mass is 16.6. The predicted octanol–water partition coefficient (Wildman–Crippen LogP) is 2.82. The zero-order valence-electron chi connectivity index (χ0n) is 18.0. The van der Waals surface area contributed by atoms with Crippen LogP contribution < -0.4 is 14.8 Å². The quantitative estimate of drug-likeness (QED) is 0.447. The molecule has 0 saturated carbocycles. The lowest BCUT2D eigenvalue weighted by molar-refractivity contribution is -0.605. The van der Waals surface area contributed by atoms with Crippen molar-refractivity contribution < 1.29 is 29.5 Å². The van der Waals surface area contributed by atoms with Gasteiger partial charge in [0.2, 0.25) is 12.1 Å². The molecule has 172 valence electrons. The average Bonchev–Trinajstić information content (AvgIpc) is 2.72. The molecule has 1 aliphatic heterocycles. The molecular formula is C21H25N3O8. The second-order valence-corrected chi connectivity index (χ2v) is 8.20. The van der Waals surface area contributed by atoms with Crippen LogP contribution in [0.2, 0.25) is 0 Å². The van der Waals surface area contributed by atoms with E-state index in [0.29, 0.717) is 0 Å². The molecule has 11 heteroatoms. The van der Waals surface area contributed by atoms with Crippen LogP contribution in [0.4, 0.5) is 0 Å². The van der Waals surface area contributed by atoms with Crippen LogP contribution in [0, 0.1) is 25.6 Å². The fourth-order valence-electron chi connectivity index (χ4n) is 4.63. The Hall–Kier alpha value is -3.60. The lowest BCUT2D eigenvalue weighted by Gasteiger charge is -2.44. The highest BCUT2D eigenvalue weighted by Crippen LogP contribution is 2.50. The van der Waals surface area contributed by atoms with Gasteiger partial charge in [0.25, 0.3) is 0 Å². The minimum atomic E-state index is -1.49. The first-order valence-corrected chi connectivity index (χ1v) is 9.81. The normalized spacial score (nSPS) is 24.5. The number of methoxy groups -OCH3 is 2. The number of aromatic hydroxyl groups is 2. The fraction of sp³-hybridized carbons (Fsp3) is 0.429. The molecule has 0 aromatic heterocycles. The Kier molecular flexibility index (Phi) is 6.13. The largest absolute Gasteiger partial charge is 0.504 e. The summed E-state index contributed by atoms with van der Waals surface area (Å²) in [5, 5.41) is 48.7. The maximum absolute atomic E-state index is 12.2. The number of rotatable bonds is 6. The Morgan fingerprint density at radius 2 is 1.22 bits per heavy atom. The zero-order valence-corrected chi connectivity index (χ0v) is 18.0. The number of nitro groups is 2. The van der Waals surface area contributed by atoms with Gasteiger partial charge >= 0.3 is 0 Å². The van der Waals surface area contributed by atoms with E-state index >= 15 is 0 Å². The molecule has 0 aliphatic carbocycles. The Morgan fingerprint density at radius 3 is 1.53 bits per heavy atom. The van der Waals surface area contributed by atoms with Crippen molar-refractivity contribution in [3.63, 3.8) is 0 Å². The molecule has 4 atom stereocenters. The molecule has 2 aromatic carbocycles. The molecule has 1 aliphatic rings. The van der Waals surface area contributed by atoms with E-state index in [1.54, 1.807) is 12.1 Å². The van der Waals surface area contributed by atoms with Crippen molar-refractivity contribution in [1.82, 2.24) is 5.32 Å². The van der Waals surface area contributed by atoms with Gasteiger partial charge in [-0.1, -0.05) is 24.3 Å². The van der Waals surface area contributed by atoms with Crippen LogP contribution >= 0.6 is 0 Å². The molecule has 3 N–H and O–H groups in total. The van der Waals surface area contributed by atoms with Crippen LogP contribution in [0.15, 0.2) is 36.4 Å². The van der Waals surface area contributed by atoms with Gasteiger partial charge in [0.05, 0.1) is 14.2 Å². The highest BCUT2D eigenvalue weighted by molar-refractivity contribution is 5.50. The van der Waals surface area contributed by atoms with Crippen LogP contribution in [0.3, 0.4) is 0 Å². The lowest BCUT2D eigenvalue weighted by atomic mass is 9.66. The van der Waals surface area contributed by atoms with Crippen molar-refractivity contribution in [2.75, 3.05) is 14.2 Å². The molecule has 2 aromatic rings. The Balaban J connectivity index is 2.25. The molecule has 32 heavy (non-hydrogen) atoms. The van der Waals surface area contributed by atoms with Crippen LogP contribution in [0.5, 0.6) is 23.0 Å². The number of hydrogen-bond acceptors (Lipinski definition) is 9. The molecule has 11 nitrogen and oxygen atoms in total. The van der Waals surface area contributed by atoms with E-state index in [-0.39, 0.29) is 34.1 Å². The number of nitrogens with one attached hydrogen (secondary N) is 1. The Labute approximate surface area is 183 Å². The molecule has 0 amide bonds. The second kappa shape index (κ2) is 8.50. The van der Waals surface area contributed by atoms with E-state index in [4.69, 9.17) is 9.47 Å². The molecule has 1 heterocycles. The third-order valence-corrected chi connectivity index (χ3v) is 6.14. The molecule has 0 unspecified atom stereocenters. The first kappa shape index (κ1) is 23.1. The summed E-state index contributed by atoms with van der Waals surface area (Å²) in [4.78, 5) is 23.2. The van der Waals surface area contributed by atoms with Gasteiger partial charge in [-0.25, -0.2) is 0 Å². The molecule has 0 radical (unpaired) electrons. The van der Waals surface area contributed by atoms with Crippen LogP contribution in [-0.2, 0) is 0 Å². The van der Waals surface area contributed by atoms with Gasteiger partial charge in [0, 0.05) is 21.0 Å². The van der Waals surface area contributed by atoms with Gasteiger partial charge in [-0.3, -0.25) is 25.5 Å². The Morgan fingerprint density at radius 1 is 0.844 bits per heavy atom. The van der Waals surface area contributed by atoms with Crippen molar-refractivity contribution in [1.29, 1.82) is 0 Å². The summed E-state index contributed by atoms with van der Waals surface area (Å²) in [7, 11) is 2.70. The van der Waals surface area contributed by atoms with Gasteiger partial charge in [-0.05, 0) is 26.0 Å².